The number of ether oxygens (including phenoxy) is 4. The van der Waals surface area contributed by atoms with Crippen LogP contribution in [0.4, 0.5) is 5.69 Å². The molecule has 9 aromatic rings. The highest BCUT2D eigenvalue weighted by molar-refractivity contribution is 6.11. The third-order valence-corrected chi connectivity index (χ3v) is 21.2. The number of carboxylic acid groups (broad SMARTS) is 1. The van der Waals surface area contributed by atoms with Crippen molar-refractivity contribution in [1.82, 2.24) is 9.80 Å². The molecule has 102 heavy (non-hydrogen) atoms. The number of nitrogens with one attached hydrogen (secondary N) is 1. The number of anilines is 1. The quantitative estimate of drug-likeness (QED) is 0.0374. The van der Waals surface area contributed by atoms with E-state index in [9.17, 15) is 39.6 Å². The number of nitrogens with zero attached hydrogens (tertiary/aromatic N) is 2. The summed E-state index contributed by atoms with van der Waals surface area (Å²) < 4.78 is 24.1. The van der Waals surface area contributed by atoms with Gasteiger partial charge >= 0.3 is 17.9 Å². The number of aliphatic hydroxyl groups excluding tert-OH is 3. The molecule has 516 valence electrons. The van der Waals surface area contributed by atoms with Gasteiger partial charge in [-0.2, -0.15) is 0 Å². The maximum atomic E-state index is 15.2. The number of Topliss-reactive ketones (excluding diaryl/α,β-unsaturated/α-hetero) is 2. The molecule has 6 aliphatic rings. The van der Waals surface area contributed by atoms with Crippen molar-refractivity contribution < 1.29 is 68.1 Å². The van der Waals surface area contributed by atoms with Crippen molar-refractivity contribution in [2.24, 2.45) is 11.8 Å². The number of aliphatic carboxylic acids is 1. The SMILES string of the molecule is CC(CCC(=O)[C@H]1[C@@H]2C(=O)O[C@@H](c3ccccc3)[C@@H](c3ccccc3)N2[C@@H](c2ccc(OCCO)cc2)[C@]12C(=O)Cc1ccccc12)c1ccccc1.O=C1O[C@@H](c2ccccc2)[C@@H](c2ccccc2)N2[C@@H](c3ccc(OCCO)cc3)[C@]3(C(=O)Nc4ccc(C#CCCO)cc43)[C@@H](C(=O)O)[C@H]12. The summed E-state index contributed by atoms with van der Waals surface area (Å²) >= 11 is 0. The second kappa shape index (κ2) is 29.4. The van der Waals surface area contributed by atoms with Crippen molar-refractivity contribution >= 4 is 41.1 Å². The predicted molar refractivity (Wildman–Crippen MR) is 380 cm³/mol. The zero-order valence-corrected chi connectivity index (χ0v) is 56.1. The minimum absolute atomic E-state index is 0.0657. The second-order valence-corrected chi connectivity index (χ2v) is 26.7. The fourth-order valence-electron chi connectivity index (χ4n) is 17.1. The molecule has 2 spiro atoms. The van der Waals surface area contributed by atoms with Crippen LogP contribution in [0.15, 0.2) is 243 Å². The van der Waals surface area contributed by atoms with Gasteiger partial charge in [0.15, 0.2) is 5.78 Å². The van der Waals surface area contributed by atoms with Crippen molar-refractivity contribution in [3.05, 3.63) is 304 Å². The Morgan fingerprint density at radius 2 is 1.00 bits per heavy atom. The number of aliphatic hydroxyl groups is 3. The lowest BCUT2D eigenvalue weighted by atomic mass is 9.63. The van der Waals surface area contributed by atoms with Crippen LogP contribution in [-0.2, 0) is 55.5 Å². The number of morpholine rings is 2. The topological polar surface area (TPSA) is 239 Å². The van der Waals surface area contributed by atoms with Gasteiger partial charge in [-0.25, -0.2) is 0 Å². The van der Waals surface area contributed by atoms with Crippen molar-refractivity contribution in [3.63, 3.8) is 0 Å². The molecule has 0 bridgehead atoms. The molecule has 1 aliphatic carbocycles. The lowest BCUT2D eigenvalue weighted by Gasteiger charge is -2.46. The zero-order chi connectivity index (χ0) is 70.7. The molecule has 1 unspecified atom stereocenters. The van der Waals surface area contributed by atoms with Crippen LogP contribution in [0.25, 0.3) is 0 Å². The Morgan fingerprint density at radius 1 is 0.529 bits per heavy atom. The average molecular weight is 1360 g/mol. The molecule has 0 saturated carbocycles. The summed E-state index contributed by atoms with van der Waals surface area (Å²) in [5, 5.41) is 42.1. The molecule has 1 amide bonds. The van der Waals surface area contributed by atoms with Crippen molar-refractivity contribution in [2.45, 2.75) is 97.8 Å². The van der Waals surface area contributed by atoms with Gasteiger partial charge in [-0.05, 0) is 110 Å². The number of hydrogen-bond acceptors (Lipinski definition) is 15. The largest absolute Gasteiger partial charge is 0.491 e. The number of benzene rings is 9. The minimum Gasteiger partial charge on any atom is -0.491 e. The van der Waals surface area contributed by atoms with Crippen LogP contribution < -0.4 is 14.8 Å². The van der Waals surface area contributed by atoms with Crippen molar-refractivity contribution in [1.29, 1.82) is 0 Å². The van der Waals surface area contributed by atoms with Crippen LogP contribution in [0.2, 0.25) is 0 Å². The van der Waals surface area contributed by atoms with Gasteiger partial charge in [-0.1, -0.05) is 219 Å². The fraction of sp³-hybridized carbons (Fsp3) is 0.271. The molecule has 0 aromatic heterocycles. The zero-order valence-electron chi connectivity index (χ0n) is 56.1. The number of rotatable bonds is 19. The van der Waals surface area contributed by atoms with Crippen LogP contribution in [0, 0.1) is 23.7 Å². The molecular formula is C85H77N3O14. The summed E-state index contributed by atoms with van der Waals surface area (Å²) in [5.41, 5.74) is 5.68. The molecule has 13 atom stereocenters. The van der Waals surface area contributed by atoms with E-state index in [-0.39, 0.29) is 69.8 Å². The lowest BCUT2D eigenvalue weighted by molar-refractivity contribution is -0.179. The Balaban J connectivity index is 0.000000173. The maximum absolute atomic E-state index is 15.2. The fourth-order valence-corrected chi connectivity index (χ4v) is 17.1. The van der Waals surface area contributed by atoms with Gasteiger partial charge in [-0.3, -0.25) is 38.6 Å². The molecule has 17 heteroatoms. The first-order valence-electron chi connectivity index (χ1n) is 34.6. The van der Waals surface area contributed by atoms with Gasteiger partial charge in [0.05, 0.1) is 55.3 Å². The van der Waals surface area contributed by atoms with E-state index in [0.717, 1.165) is 44.5 Å². The first-order chi connectivity index (χ1) is 49.8. The highest BCUT2D eigenvalue weighted by Gasteiger charge is 2.75. The Kier molecular flexibility index (Phi) is 19.7. The summed E-state index contributed by atoms with van der Waals surface area (Å²) in [6.45, 7) is 1.92. The molecule has 4 saturated heterocycles. The number of amides is 1. The van der Waals surface area contributed by atoms with E-state index >= 15 is 9.59 Å². The molecule has 9 aromatic carbocycles. The Labute approximate surface area is 591 Å². The molecule has 0 radical (unpaired) electrons. The highest BCUT2D eigenvalue weighted by Crippen LogP contribution is 2.67. The highest BCUT2D eigenvalue weighted by atomic mass is 16.6. The van der Waals surface area contributed by atoms with Crippen LogP contribution in [-0.4, -0.2) is 111 Å². The summed E-state index contributed by atoms with van der Waals surface area (Å²) in [7, 11) is 0. The number of carboxylic acids is 1. The van der Waals surface area contributed by atoms with E-state index in [1.54, 1.807) is 42.5 Å². The molecular weight excluding hydrogens is 1290 g/mol. The van der Waals surface area contributed by atoms with E-state index < -0.39 is 94.9 Å². The lowest BCUT2D eigenvalue weighted by Crippen LogP contribution is -2.52. The van der Waals surface area contributed by atoms with Gasteiger partial charge in [-0.15, -0.1) is 0 Å². The van der Waals surface area contributed by atoms with Gasteiger partial charge in [0.1, 0.15) is 66.1 Å². The number of carbonyl (C=O) groups excluding carboxylic acids is 5. The molecule has 5 aliphatic heterocycles. The van der Waals surface area contributed by atoms with Crippen LogP contribution >= 0.6 is 0 Å². The average Bonchev–Trinajstić information content (AvgIpc) is 1.51. The maximum Gasteiger partial charge on any atom is 0.325 e. The van der Waals surface area contributed by atoms with Gasteiger partial charge in [0.25, 0.3) is 0 Å². The smallest absolute Gasteiger partial charge is 0.325 e. The first kappa shape index (κ1) is 68.3. The number of esters is 2. The molecule has 17 nitrogen and oxygen atoms in total. The molecule has 5 heterocycles. The van der Waals surface area contributed by atoms with Gasteiger partial charge < -0.3 is 44.7 Å². The standard InChI is InChI=1S/C46H43NO6.C39H34N2O8/c1-30(31-13-5-2-6-14-31)21-26-38(49)40-42-45(51)53-43(33-17-9-4-10-18-33)41(32-15-7-3-8-16-32)47(42)44(34-22-24-36(25-23-34)52-28-27-48)46(40)37-20-12-11-19-35(37)29-39(46)50;42-20-8-7-9-24-14-19-30-29(23-24)39(38(47)40-30)31(36(44)45)33-37(46)49-34(26-12-5-2-6-13-26)32(25-10-3-1-4-11-25)41(33)35(39)27-15-17-28(18-16-27)48-22-21-43/h2-20,22-25,30,40-44,48H,21,26-29H2,1H3;1-6,10-19,23,31-35,42-43H,8,20-22H2,(H,40,47)(H,44,45)/t30?,40-,41+,42+,43-,44-,46+;31-,32-,33-,34+,35+,39-/m01/s1. The van der Waals surface area contributed by atoms with E-state index in [2.05, 4.69) is 41.1 Å². The number of carbonyl (C=O) groups is 6. The van der Waals surface area contributed by atoms with Gasteiger partial charge in [0, 0.05) is 30.5 Å². The van der Waals surface area contributed by atoms with Crippen LogP contribution in [0.1, 0.15) is 130 Å². The summed E-state index contributed by atoms with van der Waals surface area (Å²) in [5.74, 6) is 1.25. The Morgan fingerprint density at radius 3 is 1.50 bits per heavy atom. The van der Waals surface area contributed by atoms with Crippen LogP contribution in [0.5, 0.6) is 11.5 Å². The van der Waals surface area contributed by atoms with Crippen molar-refractivity contribution in [2.75, 3.05) is 38.4 Å². The van der Waals surface area contributed by atoms with Crippen LogP contribution in [0.3, 0.4) is 0 Å². The number of fused-ring (bicyclic) bond motifs is 6. The van der Waals surface area contributed by atoms with E-state index in [0.29, 0.717) is 40.3 Å². The predicted octanol–water partition coefficient (Wildman–Crippen LogP) is 11.8. The first-order valence-corrected chi connectivity index (χ1v) is 34.6. The van der Waals surface area contributed by atoms with E-state index in [4.69, 9.17) is 18.9 Å². The summed E-state index contributed by atoms with van der Waals surface area (Å²) in [6.07, 6.45) is -0.342. The Hall–Kier alpha value is -10.8. The number of ketones is 2. The van der Waals surface area contributed by atoms with Crippen molar-refractivity contribution in [3.8, 4) is 23.3 Å². The number of cyclic esters (lactones) is 2. The normalized spacial score (nSPS) is 25.5. The number of hydrogen-bond donors (Lipinski definition) is 5. The van der Waals surface area contributed by atoms with E-state index in [1.807, 2.05) is 193 Å². The Bertz CT molecular complexity index is 4610. The third-order valence-electron chi connectivity index (χ3n) is 21.2. The molecule has 4 fully saturated rings. The second-order valence-electron chi connectivity index (χ2n) is 26.7. The molecule has 15 rings (SSSR count). The monoisotopic (exact) mass is 1360 g/mol. The third kappa shape index (κ3) is 12.1. The summed E-state index contributed by atoms with van der Waals surface area (Å²) in [4.78, 5) is 92.0. The van der Waals surface area contributed by atoms with Gasteiger partial charge in [0.2, 0.25) is 5.91 Å². The minimum atomic E-state index is -1.80. The van der Waals surface area contributed by atoms with E-state index in [1.165, 1.54) is 0 Å². The summed E-state index contributed by atoms with van der Waals surface area (Å²) in [6, 6.07) is 70.8. The molecule has 5 N–H and O–H groups in total.